The van der Waals surface area contributed by atoms with Crippen LogP contribution in [0.5, 0.6) is 5.75 Å². The van der Waals surface area contributed by atoms with Crippen LogP contribution in [-0.2, 0) is 9.53 Å². The lowest BCUT2D eigenvalue weighted by atomic mass is 10.1. The van der Waals surface area contributed by atoms with Crippen LogP contribution in [0, 0.1) is 20.8 Å². The van der Waals surface area contributed by atoms with Gasteiger partial charge in [-0.15, -0.1) is 0 Å². The first kappa shape index (κ1) is 16.9. The van der Waals surface area contributed by atoms with Gasteiger partial charge in [-0.2, -0.15) is 9.36 Å². The monoisotopic (exact) mass is 335 g/mol. The van der Waals surface area contributed by atoms with Gasteiger partial charge in [0.1, 0.15) is 5.75 Å². The van der Waals surface area contributed by atoms with Crippen LogP contribution in [0.3, 0.4) is 0 Å². The lowest BCUT2D eigenvalue weighted by Gasteiger charge is -2.13. The summed E-state index contributed by atoms with van der Waals surface area (Å²) in [6.07, 6.45) is 0. The molecule has 0 aliphatic carbocycles. The second kappa shape index (κ2) is 7.19. The van der Waals surface area contributed by atoms with Gasteiger partial charge in [0, 0.05) is 11.5 Å². The fourth-order valence-corrected chi connectivity index (χ4v) is 2.46. The summed E-state index contributed by atoms with van der Waals surface area (Å²) in [5.74, 6) is -0.409. The summed E-state index contributed by atoms with van der Waals surface area (Å²) in [5, 5.41) is 2.76. The van der Waals surface area contributed by atoms with E-state index in [4.69, 9.17) is 4.74 Å². The maximum Gasteiger partial charge on any atom is 0.377 e. The maximum absolute atomic E-state index is 11.9. The summed E-state index contributed by atoms with van der Waals surface area (Å²) < 4.78 is 13.9. The molecule has 1 N–H and O–H groups in total. The van der Waals surface area contributed by atoms with Gasteiger partial charge in [-0.1, -0.05) is 12.1 Å². The molecule has 0 saturated carbocycles. The van der Waals surface area contributed by atoms with Gasteiger partial charge in [0.05, 0.1) is 7.11 Å². The number of hydrogen-bond acceptors (Lipinski definition) is 7. The summed E-state index contributed by atoms with van der Waals surface area (Å²) in [6.45, 7) is 5.70. The molecule has 1 amide bonds. The van der Waals surface area contributed by atoms with Crippen molar-refractivity contribution in [2.45, 2.75) is 20.8 Å². The molecule has 1 heterocycles. The van der Waals surface area contributed by atoms with Crippen LogP contribution in [0.15, 0.2) is 12.1 Å². The maximum atomic E-state index is 11.9. The molecule has 0 aliphatic heterocycles. The molecule has 122 valence electrons. The van der Waals surface area contributed by atoms with E-state index in [1.165, 1.54) is 7.11 Å². The van der Waals surface area contributed by atoms with Gasteiger partial charge in [-0.3, -0.25) is 10.1 Å². The van der Waals surface area contributed by atoms with E-state index in [1.807, 2.05) is 32.9 Å². The Morgan fingerprint density at radius 3 is 2.61 bits per heavy atom. The highest BCUT2D eigenvalue weighted by Crippen LogP contribution is 2.25. The van der Waals surface area contributed by atoms with Crippen molar-refractivity contribution in [2.75, 3.05) is 19.0 Å². The Morgan fingerprint density at radius 1 is 1.22 bits per heavy atom. The summed E-state index contributed by atoms with van der Waals surface area (Å²) in [5.41, 5.74) is 3.06. The van der Waals surface area contributed by atoms with Crippen LogP contribution in [0.25, 0.3) is 0 Å². The highest BCUT2D eigenvalue weighted by atomic mass is 32.1. The number of hydrogen-bond donors (Lipinski definition) is 1. The Hall–Kier alpha value is -2.48. The van der Waals surface area contributed by atoms with Crippen LogP contribution in [-0.4, -0.2) is 35.0 Å². The third-order valence-corrected chi connectivity index (χ3v) is 3.89. The molecule has 8 heteroatoms. The molecule has 23 heavy (non-hydrogen) atoms. The van der Waals surface area contributed by atoms with E-state index >= 15 is 0 Å². The number of amides is 1. The molecular formula is C15H17N3O4S. The molecule has 0 saturated heterocycles. The zero-order chi connectivity index (χ0) is 17.0. The van der Waals surface area contributed by atoms with Gasteiger partial charge < -0.3 is 9.47 Å². The fraction of sp³-hybridized carbons (Fsp3) is 0.333. The molecule has 2 rings (SSSR count). The van der Waals surface area contributed by atoms with Gasteiger partial charge in [0.25, 0.3) is 11.7 Å². The zero-order valence-electron chi connectivity index (χ0n) is 13.3. The number of anilines is 1. The first-order chi connectivity index (χ1) is 10.9. The van der Waals surface area contributed by atoms with Crippen molar-refractivity contribution in [3.05, 3.63) is 34.6 Å². The number of methoxy groups -OCH3 is 1. The second-order valence-corrected chi connectivity index (χ2v) is 5.66. The highest BCUT2D eigenvalue weighted by Gasteiger charge is 2.15. The minimum Gasteiger partial charge on any atom is -0.483 e. The third kappa shape index (κ3) is 4.04. The van der Waals surface area contributed by atoms with Crippen LogP contribution in [0.1, 0.15) is 27.3 Å². The van der Waals surface area contributed by atoms with Crippen molar-refractivity contribution in [2.24, 2.45) is 0 Å². The molecule has 0 atom stereocenters. The quantitative estimate of drug-likeness (QED) is 0.843. The molecule has 7 nitrogen and oxygen atoms in total. The van der Waals surface area contributed by atoms with Crippen molar-refractivity contribution in [1.82, 2.24) is 9.36 Å². The predicted molar refractivity (Wildman–Crippen MR) is 86.0 cm³/mol. The van der Waals surface area contributed by atoms with E-state index in [1.54, 1.807) is 0 Å². The van der Waals surface area contributed by atoms with Gasteiger partial charge in [-0.25, -0.2) is 4.79 Å². The molecule has 2 aromatic rings. The minimum absolute atomic E-state index is 0.0842. The van der Waals surface area contributed by atoms with Gasteiger partial charge in [-0.05, 0) is 37.5 Å². The Balaban J connectivity index is 1.97. The number of benzene rings is 1. The molecule has 0 bridgehead atoms. The number of esters is 1. The Morgan fingerprint density at radius 2 is 1.91 bits per heavy atom. The minimum atomic E-state index is -0.649. The molecule has 1 aromatic heterocycles. The highest BCUT2D eigenvalue weighted by molar-refractivity contribution is 7.10. The average Bonchev–Trinajstić information content (AvgIpc) is 2.98. The first-order valence-corrected chi connectivity index (χ1v) is 7.61. The number of rotatable bonds is 5. The van der Waals surface area contributed by atoms with Crippen LogP contribution in [0.2, 0.25) is 0 Å². The Labute approximate surface area is 137 Å². The summed E-state index contributed by atoms with van der Waals surface area (Å²) in [7, 11) is 1.24. The number of aryl methyl sites for hydroxylation is 2. The Kier molecular flexibility index (Phi) is 5.28. The lowest BCUT2D eigenvalue weighted by Crippen LogP contribution is -2.20. The van der Waals surface area contributed by atoms with Gasteiger partial charge >= 0.3 is 5.97 Å². The van der Waals surface area contributed by atoms with Gasteiger partial charge in [0.15, 0.2) is 6.61 Å². The van der Waals surface area contributed by atoms with E-state index in [-0.39, 0.29) is 23.5 Å². The van der Waals surface area contributed by atoms with E-state index in [0.29, 0.717) is 5.75 Å². The van der Waals surface area contributed by atoms with Crippen molar-refractivity contribution in [1.29, 1.82) is 0 Å². The topological polar surface area (TPSA) is 90.4 Å². The van der Waals surface area contributed by atoms with E-state index in [9.17, 15) is 9.59 Å². The average molecular weight is 335 g/mol. The summed E-state index contributed by atoms with van der Waals surface area (Å²) in [6, 6.07) is 3.95. The van der Waals surface area contributed by atoms with Crippen LogP contribution >= 0.6 is 11.5 Å². The van der Waals surface area contributed by atoms with Gasteiger partial charge in [0.2, 0.25) is 5.13 Å². The van der Waals surface area contributed by atoms with Crippen molar-refractivity contribution >= 4 is 28.5 Å². The van der Waals surface area contributed by atoms with Crippen LogP contribution < -0.4 is 10.1 Å². The van der Waals surface area contributed by atoms with E-state index in [0.717, 1.165) is 28.2 Å². The smallest absolute Gasteiger partial charge is 0.377 e. The number of nitrogens with one attached hydrogen (secondary N) is 1. The van der Waals surface area contributed by atoms with Crippen molar-refractivity contribution in [3.8, 4) is 5.75 Å². The molecule has 0 aliphatic rings. The number of nitrogens with zero attached hydrogens (tertiary/aromatic N) is 2. The van der Waals surface area contributed by atoms with Crippen molar-refractivity contribution < 1.29 is 19.1 Å². The van der Waals surface area contributed by atoms with E-state index in [2.05, 4.69) is 19.4 Å². The zero-order valence-corrected chi connectivity index (χ0v) is 14.1. The number of aromatic nitrogens is 2. The van der Waals surface area contributed by atoms with Crippen LogP contribution in [0.4, 0.5) is 5.13 Å². The largest absolute Gasteiger partial charge is 0.483 e. The SMILES string of the molecule is COC(=O)c1nsc(NC(=O)COc2c(C)ccc(C)c2C)n1. The predicted octanol–water partition coefficient (Wildman–Crippen LogP) is 2.27. The Bertz CT molecular complexity index is 742. The number of carbonyl (C=O) groups is 2. The van der Waals surface area contributed by atoms with E-state index < -0.39 is 5.97 Å². The molecule has 0 unspecified atom stereocenters. The number of ether oxygens (including phenoxy) is 2. The molecule has 1 aromatic carbocycles. The normalized spacial score (nSPS) is 10.3. The summed E-state index contributed by atoms with van der Waals surface area (Å²) in [4.78, 5) is 27.1. The first-order valence-electron chi connectivity index (χ1n) is 6.84. The second-order valence-electron chi connectivity index (χ2n) is 4.91. The molecule has 0 radical (unpaired) electrons. The standard InChI is InChI=1S/C15H17N3O4S/c1-8-5-6-9(2)12(10(8)3)22-7-11(19)16-15-17-13(18-23-15)14(20)21-4/h5-6H,7H2,1-4H3,(H,16,17,18,19). The molecular weight excluding hydrogens is 318 g/mol. The summed E-state index contributed by atoms with van der Waals surface area (Å²) >= 11 is 0.903. The third-order valence-electron chi connectivity index (χ3n) is 3.26. The number of carbonyl (C=O) groups excluding carboxylic acids is 2. The molecule has 0 fully saturated rings. The fourth-order valence-electron chi connectivity index (χ4n) is 1.89. The molecule has 0 spiro atoms. The lowest BCUT2D eigenvalue weighted by molar-refractivity contribution is -0.118. The van der Waals surface area contributed by atoms with Crippen molar-refractivity contribution in [3.63, 3.8) is 0 Å².